The predicted molar refractivity (Wildman–Crippen MR) is 72.8 cm³/mol. The highest BCUT2D eigenvalue weighted by atomic mass is 32.2. The summed E-state index contributed by atoms with van der Waals surface area (Å²) in [4.78, 5) is 0.0652. The maximum absolute atomic E-state index is 11.6. The molecule has 0 bridgehead atoms. The third-order valence-corrected chi connectivity index (χ3v) is 4.59. The Morgan fingerprint density at radius 3 is 2.84 bits per heavy atom. The third kappa shape index (κ3) is 3.01. The summed E-state index contributed by atoms with van der Waals surface area (Å²) < 4.78 is 28.9. The molecule has 3 N–H and O–H groups in total. The molecule has 0 unspecified atom stereocenters. The van der Waals surface area contributed by atoms with Gasteiger partial charge in [0.15, 0.2) is 15.7 Å². The Balaban J connectivity index is 2.07. The van der Waals surface area contributed by atoms with E-state index in [9.17, 15) is 8.42 Å². The lowest BCUT2D eigenvalue weighted by atomic mass is 10.4. The highest BCUT2D eigenvalue weighted by molar-refractivity contribution is 7.91. The van der Waals surface area contributed by atoms with Gasteiger partial charge in [-0.05, 0) is 11.5 Å². The van der Waals surface area contributed by atoms with E-state index in [4.69, 9.17) is 5.73 Å². The molecule has 2 rings (SSSR count). The van der Waals surface area contributed by atoms with Crippen LogP contribution in [-0.4, -0.2) is 40.4 Å². The fraction of sp³-hybridized carbons (Fsp3) is 0.444. The van der Waals surface area contributed by atoms with Gasteiger partial charge in [0.1, 0.15) is 22.0 Å². The molecule has 0 saturated heterocycles. The largest absolute Gasteiger partial charge is 0.382 e. The summed E-state index contributed by atoms with van der Waals surface area (Å²) in [5, 5.41) is 11.2. The smallest absolute Gasteiger partial charge is 0.182 e. The van der Waals surface area contributed by atoms with Crippen LogP contribution in [0.1, 0.15) is 5.82 Å². The molecule has 0 aliphatic carbocycles. The molecule has 0 aliphatic heterocycles. The van der Waals surface area contributed by atoms with Gasteiger partial charge in [-0.15, -0.1) is 10.2 Å². The Morgan fingerprint density at radius 1 is 1.53 bits per heavy atom. The fourth-order valence-corrected chi connectivity index (χ4v) is 3.68. The van der Waals surface area contributed by atoms with Gasteiger partial charge in [-0.1, -0.05) is 0 Å². The lowest BCUT2D eigenvalue weighted by Gasteiger charge is -2.05. The van der Waals surface area contributed by atoms with Gasteiger partial charge in [0, 0.05) is 26.3 Å². The van der Waals surface area contributed by atoms with Gasteiger partial charge in [0.2, 0.25) is 0 Å². The van der Waals surface area contributed by atoms with Gasteiger partial charge < -0.3 is 15.6 Å². The Kier molecular flexibility index (Phi) is 3.71. The Labute approximate surface area is 114 Å². The number of rotatable bonds is 5. The summed E-state index contributed by atoms with van der Waals surface area (Å²) in [6.45, 7) is 0.524. The molecule has 0 aromatic carbocycles. The maximum Gasteiger partial charge on any atom is 0.182 e. The summed E-state index contributed by atoms with van der Waals surface area (Å²) >= 11 is 1.04. The van der Waals surface area contributed by atoms with Crippen LogP contribution in [0.2, 0.25) is 0 Å². The molecule has 0 atom stereocenters. The molecule has 2 aromatic heterocycles. The van der Waals surface area contributed by atoms with Gasteiger partial charge in [-0.2, -0.15) is 4.37 Å². The number of hydrogen-bond acceptors (Lipinski definition) is 8. The van der Waals surface area contributed by atoms with Crippen LogP contribution < -0.4 is 11.1 Å². The summed E-state index contributed by atoms with van der Waals surface area (Å²) in [5.74, 6) is 0.847. The van der Waals surface area contributed by atoms with Gasteiger partial charge >= 0.3 is 0 Å². The zero-order chi connectivity index (χ0) is 14.0. The van der Waals surface area contributed by atoms with Gasteiger partial charge in [0.05, 0.1) is 0 Å². The third-order valence-electron chi connectivity index (χ3n) is 2.48. The molecule has 104 valence electrons. The van der Waals surface area contributed by atoms with Crippen molar-refractivity contribution < 1.29 is 8.42 Å². The van der Waals surface area contributed by atoms with Crippen molar-refractivity contribution in [2.24, 2.45) is 7.05 Å². The van der Waals surface area contributed by atoms with Crippen LogP contribution in [0.5, 0.6) is 0 Å². The maximum atomic E-state index is 11.6. The van der Waals surface area contributed by atoms with Crippen molar-refractivity contribution in [1.29, 1.82) is 0 Å². The van der Waals surface area contributed by atoms with E-state index in [0.29, 0.717) is 18.0 Å². The summed E-state index contributed by atoms with van der Waals surface area (Å²) in [6.07, 6.45) is 3.35. The second kappa shape index (κ2) is 5.13. The Morgan fingerprint density at radius 2 is 2.26 bits per heavy atom. The van der Waals surface area contributed by atoms with Crippen LogP contribution >= 0.6 is 11.5 Å². The molecule has 19 heavy (non-hydrogen) atoms. The van der Waals surface area contributed by atoms with Crippen LogP contribution in [0.25, 0.3) is 0 Å². The fourth-order valence-electron chi connectivity index (χ4n) is 1.59. The molecule has 2 aromatic rings. The molecule has 0 amide bonds. The van der Waals surface area contributed by atoms with Crippen LogP contribution in [0, 0.1) is 0 Å². The van der Waals surface area contributed by atoms with Crippen molar-refractivity contribution in [3.8, 4) is 0 Å². The number of nitrogens with one attached hydrogen (secondary N) is 1. The molecule has 2 heterocycles. The first-order valence-electron chi connectivity index (χ1n) is 5.41. The normalized spacial score (nSPS) is 11.7. The number of anilines is 2. The first kappa shape index (κ1) is 13.7. The highest BCUT2D eigenvalue weighted by Gasteiger charge is 2.20. The number of aryl methyl sites for hydroxylation is 1. The van der Waals surface area contributed by atoms with Gasteiger partial charge in [-0.3, -0.25) is 0 Å². The standard InChI is InChI=1S/C9H14N6O2S2/c1-15-5-12-13-6(15)3-4-11-9-7(19(2,16)17)8(10)14-18-9/h5,11H,3-4H2,1-2H3,(H2,10,14). The van der Waals surface area contributed by atoms with Crippen molar-refractivity contribution in [3.05, 3.63) is 12.2 Å². The molecule has 0 saturated carbocycles. The number of aromatic nitrogens is 4. The Hall–Kier alpha value is -1.68. The molecular weight excluding hydrogens is 288 g/mol. The van der Waals surface area contributed by atoms with E-state index in [-0.39, 0.29) is 10.7 Å². The number of hydrogen-bond donors (Lipinski definition) is 2. The molecular formula is C9H14N6O2S2. The van der Waals surface area contributed by atoms with Crippen molar-refractivity contribution in [2.75, 3.05) is 23.9 Å². The second-order valence-corrected chi connectivity index (χ2v) is 6.76. The minimum atomic E-state index is -3.39. The monoisotopic (exact) mass is 302 g/mol. The lowest BCUT2D eigenvalue weighted by molar-refractivity contribution is 0.602. The van der Waals surface area contributed by atoms with Gasteiger partial charge in [-0.25, -0.2) is 8.42 Å². The molecule has 0 radical (unpaired) electrons. The lowest BCUT2D eigenvalue weighted by Crippen LogP contribution is -2.10. The topological polar surface area (TPSA) is 116 Å². The van der Waals surface area contributed by atoms with E-state index in [1.165, 1.54) is 0 Å². The quantitative estimate of drug-likeness (QED) is 0.793. The predicted octanol–water partition coefficient (Wildman–Crippen LogP) is -0.0881. The van der Waals surface area contributed by atoms with Crippen molar-refractivity contribution >= 4 is 32.2 Å². The van der Waals surface area contributed by atoms with E-state index < -0.39 is 9.84 Å². The molecule has 0 spiro atoms. The molecule has 0 aliphatic rings. The second-order valence-electron chi connectivity index (χ2n) is 4.03. The number of nitrogens with zero attached hydrogens (tertiary/aromatic N) is 4. The zero-order valence-electron chi connectivity index (χ0n) is 10.5. The van der Waals surface area contributed by atoms with Crippen LogP contribution in [-0.2, 0) is 23.3 Å². The average Bonchev–Trinajstić information content (AvgIpc) is 2.85. The van der Waals surface area contributed by atoms with Gasteiger partial charge in [0.25, 0.3) is 0 Å². The molecule has 8 nitrogen and oxygen atoms in total. The SMILES string of the molecule is Cn1cnnc1CCNc1snc(N)c1S(C)(=O)=O. The van der Waals surface area contributed by atoms with Crippen LogP contribution in [0.4, 0.5) is 10.8 Å². The van der Waals surface area contributed by atoms with Crippen molar-refractivity contribution in [1.82, 2.24) is 19.1 Å². The first-order chi connectivity index (χ1) is 8.89. The summed E-state index contributed by atoms with van der Waals surface area (Å²) in [6, 6.07) is 0. The van der Waals surface area contributed by atoms with Crippen molar-refractivity contribution in [2.45, 2.75) is 11.3 Å². The average molecular weight is 302 g/mol. The Bertz CT molecular complexity index is 675. The summed E-state index contributed by atoms with van der Waals surface area (Å²) in [7, 11) is -1.54. The molecule has 10 heteroatoms. The number of nitrogen functional groups attached to an aromatic ring is 1. The van der Waals surface area contributed by atoms with E-state index in [1.54, 1.807) is 10.9 Å². The minimum absolute atomic E-state index is 0.0358. The highest BCUT2D eigenvalue weighted by Crippen LogP contribution is 2.31. The first-order valence-corrected chi connectivity index (χ1v) is 8.08. The number of nitrogens with two attached hydrogens (primary N) is 1. The summed E-state index contributed by atoms with van der Waals surface area (Å²) in [5.41, 5.74) is 5.57. The van der Waals surface area contributed by atoms with Crippen molar-refractivity contribution in [3.63, 3.8) is 0 Å². The van der Waals surface area contributed by atoms with Crippen LogP contribution in [0.3, 0.4) is 0 Å². The zero-order valence-corrected chi connectivity index (χ0v) is 12.1. The van der Waals surface area contributed by atoms with E-state index in [0.717, 1.165) is 23.6 Å². The van der Waals surface area contributed by atoms with E-state index in [2.05, 4.69) is 19.9 Å². The van der Waals surface area contributed by atoms with E-state index >= 15 is 0 Å². The number of sulfone groups is 1. The minimum Gasteiger partial charge on any atom is -0.382 e. The van der Waals surface area contributed by atoms with Crippen LogP contribution in [0.15, 0.2) is 11.2 Å². The van der Waals surface area contributed by atoms with E-state index in [1.807, 2.05) is 7.05 Å². The molecule has 0 fully saturated rings.